The molecule has 0 saturated heterocycles. The number of carbonyl (C=O) groups excluding carboxylic acids is 2. The molecular weight excluding hydrogens is 412 g/mol. The molecule has 0 aliphatic heterocycles. The predicted molar refractivity (Wildman–Crippen MR) is 123 cm³/mol. The van der Waals surface area contributed by atoms with Crippen LogP contribution in [0.1, 0.15) is 78.6 Å². The van der Waals surface area contributed by atoms with Crippen LogP contribution in [0.3, 0.4) is 0 Å². The molecule has 1 aliphatic carbocycles. The molecule has 4 rings (SSSR count). The molecule has 2 aromatic heterocycles. The second kappa shape index (κ2) is 9.62. The average molecular weight is 441 g/mol. The summed E-state index contributed by atoms with van der Waals surface area (Å²) in [4.78, 5) is 33.9. The maximum Gasteiger partial charge on any atom is 0.275 e. The Kier molecular flexibility index (Phi) is 7.12. The van der Waals surface area contributed by atoms with Gasteiger partial charge < -0.3 is 15.2 Å². The third-order valence-corrected chi connectivity index (χ3v) is 6.57. The van der Waals surface area contributed by atoms with E-state index in [-0.39, 0.29) is 11.6 Å². The van der Waals surface area contributed by atoms with E-state index in [0.717, 1.165) is 15.2 Å². The van der Waals surface area contributed by atoms with Crippen LogP contribution in [0.15, 0.2) is 24.5 Å². The maximum atomic E-state index is 12.7. The van der Waals surface area contributed by atoms with Crippen LogP contribution in [0, 0.1) is 6.92 Å². The third-order valence-electron chi connectivity index (χ3n) is 5.39. The topological polar surface area (TPSA) is 105 Å². The number of nitrogens with one attached hydrogen (secondary N) is 1. The molecule has 0 bridgehead atoms. The highest BCUT2D eigenvalue weighted by Crippen LogP contribution is 2.39. The van der Waals surface area contributed by atoms with Crippen molar-refractivity contribution in [1.29, 1.82) is 0 Å². The Balaban J connectivity index is 0.00000132. The highest BCUT2D eigenvalue weighted by Gasteiger charge is 2.25. The minimum absolute atomic E-state index is 0.249. The smallest absolute Gasteiger partial charge is 0.275 e. The van der Waals surface area contributed by atoms with Gasteiger partial charge in [0.2, 0.25) is 0 Å². The molecule has 1 fully saturated rings. The van der Waals surface area contributed by atoms with Gasteiger partial charge >= 0.3 is 0 Å². The van der Waals surface area contributed by atoms with Gasteiger partial charge in [0.15, 0.2) is 0 Å². The number of fused-ring (bicyclic) bond motifs is 1. The van der Waals surface area contributed by atoms with Gasteiger partial charge in [0, 0.05) is 23.4 Å². The number of nitrogens with zero attached hydrogens (tertiary/aromatic N) is 3. The Morgan fingerprint density at radius 1 is 1.16 bits per heavy atom. The molecule has 1 aromatic carbocycles. The molecule has 0 spiro atoms. The van der Waals surface area contributed by atoms with Gasteiger partial charge in [0.05, 0.1) is 32.7 Å². The van der Waals surface area contributed by atoms with Crippen LogP contribution in [0.2, 0.25) is 0 Å². The molecule has 31 heavy (non-hydrogen) atoms. The first-order valence-electron chi connectivity index (χ1n) is 10.4. The molecule has 1 aliphatic rings. The van der Waals surface area contributed by atoms with Crippen molar-refractivity contribution in [3.05, 3.63) is 46.5 Å². The van der Waals surface area contributed by atoms with Crippen molar-refractivity contribution < 1.29 is 14.7 Å². The van der Waals surface area contributed by atoms with E-state index < -0.39 is 5.60 Å². The molecule has 0 radical (unpaired) electrons. The Hall–Kier alpha value is -2.71. The average Bonchev–Trinajstić information content (AvgIpc) is 3.18. The van der Waals surface area contributed by atoms with Gasteiger partial charge in [0.25, 0.3) is 5.91 Å². The normalized spacial score (nSPS) is 14.7. The first-order chi connectivity index (χ1) is 14.8. The zero-order valence-corrected chi connectivity index (χ0v) is 19.0. The number of benzene rings is 1. The number of anilines is 1. The van der Waals surface area contributed by atoms with E-state index in [4.69, 9.17) is 9.78 Å². The van der Waals surface area contributed by atoms with Crippen LogP contribution < -0.4 is 5.32 Å². The van der Waals surface area contributed by atoms with Crippen molar-refractivity contribution in [3.63, 3.8) is 0 Å². The summed E-state index contributed by atoms with van der Waals surface area (Å²) in [6.45, 7) is 7.22. The molecule has 7 nitrogen and oxygen atoms in total. The molecule has 3 aromatic rings. The molecule has 8 heteroatoms. The van der Waals surface area contributed by atoms with Crippen molar-refractivity contribution in [3.8, 4) is 0 Å². The molecule has 0 atom stereocenters. The summed E-state index contributed by atoms with van der Waals surface area (Å²) in [6, 6.07) is 3.82. The van der Waals surface area contributed by atoms with Crippen molar-refractivity contribution in [2.45, 2.75) is 64.4 Å². The molecule has 2 N–H and O–H groups in total. The van der Waals surface area contributed by atoms with Crippen LogP contribution in [0.25, 0.3) is 10.2 Å². The third kappa shape index (κ3) is 5.32. The molecule has 2 heterocycles. The summed E-state index contributed by atoms with van der Waals surface area (Å²) in [7, 11) is 0. The monoisotopic (exact) mass is 440 g/mol. The lowest BCUT2D eigenvalue weighted by atomic mass is 9.90. The van der Waals surface area contributed by atoms with E-state index in [9.17, 15) is 9.90 Å². The number of aliphatic hydroxyl groups is 1. The zero-order valence-electron chi connectivity index (χ0n) is 18.1. The Morgan fingerprint density at radius 2 is 1.87 bits per heavy atom. The number of amides is 1. The Morgan fingerprint density at radius 3 is 2.52 bits per heavy atom. The summed E-state index contributed by atoms with van der Waals surface area (Å²) < 4.78 is 1.02. The number of thiazole rings is 1. The second-order valence-corrected chi connectivity index (χ2v) is 9.37. The minimum atomic E-state index is -1.12. The standard InChI is InChI=1S/C22H26N4O2S.CH2O/c1-13-11-23-12-18(24-13)20(27)25-16-10-19-17(9-15(16)22(2,3)28)26-21(29-19)14-7-5-4-6-8-14;1-2/h9-12,14,28H,4-8H2,1-3H3,(H,25,27);1H2. The number of carbonyl (C=O) groups is 2. The molecule has 164 valence electrons. The summed E-state index contributed by atoms with van der Waals surface area (Å²) in [5.41, 5.74) is 1.90. The molecular formula is C23H28N4O3S. The lowest BCUT2D eigenvalue weighted by molar-refractivity contribution is -0.0980. The molecule has 1 amide bonds. The first kappa shape index (κ1) is 23.0. The maximum absolute atomic E-state index is 12.7. The van der Waals surface area contributed by atoms with Crippen LogP contribution in [0.5, 0.6) is 0 Å². The SMILES string of the molecule is C=O.Cc1cncc(C(=O)Nc2cc3sc(C4CCCCC4)nc3cc2C(C)(C)O)n1. The fourth-order valence-electron chi connectivity index (χ4n) is 3.88. The second-order valence-electron chi connectivity index (χ2n) is 8.31. The van der Waals surface area contributed by atoms with Gasteiger partial charge in [0.1, 0.15) is 12.5 Å². The van der Waals surface area contributed by atoms with Crippen molar-refractivity contribution in [2.75, 3.05) is 5.32 Å². The minimum Gasteiger partial charge on any atom is -0.386 e. The first-order valence-corrected chi connectivity index (χ1v) is 11.2. The highest BCUT2D eigenvalue weighted by atomic mass is 32.1. The van der Waals surface area contributed by atoms with E-state index in [1.165, 1.54) is 38.3 Å². The predicted octanol–water partition coefficient (Wildman–Crippen LogP) is 4.74. The quantitative estimate of drug-likeness (QED) is 0.607. The zero-order chi connectivity index (χ0) is 22.6. The van der Waals surface area contributed by atoms with E-state index in [1.54, 1.807) is 38.3 Å². The number of hydrogen-bond acceptors (Lipinski definition) is 7. The van der Waals surface area contributed by atoms with Crippen LogP contribution in [0.4, 0.5) is 5.69 Å². The lowest BCUT2D eigenvalue weighted by Crippen LogP contribution is -2.21. The number of aromatic nitrogens is 3. The van der Waals surface area contributed by atoms with E-state index in [1.807, 2.05) is 18.9 Å². The summed E-state index contributed by atoms with van der Waals surface area (Å²) in [5, 5.41) is 14.8. The van der Waals surface area contributed by atoms with Gasteiger partial charge in [-0.2, -0.15) is 0 Å². The van der Waals surface area contributed by atoms with Gasteiger partial charge in [-0.3, -0.25) is 9.78 Å². The number of aryl methyl sites for hydroxylation is 1. The molecule has 1 saturated carbocycles. The van der Waals surface area contributed by atoms with Crippen LogP contribution in [-0.4, -0.2) is 32.8 Å². The summed E-state index contributed by atoms with van der Waals surface area (Å²) in [6.07, 6.45) is 9.25. The number of rotatable bonds is 4. The van der Waals surface area contributed by atoms with E-state index in [0.29, 0.717) is 22.9 Å². The fourth-order valence-corrected chi connectivity index (χ4v) is 5.04. The van der Waals surface area contributed by atoms with Crippen LogP contribution in [-0.2, 0) is 10.4 Å². The van der Waals surface area contributed by atoms with Crippen molar-refractivity contribution in [1.82, 2.24) is 15.0 Å². The molecule has 0 unspecified atom stereocenters. The Bertz CT molecular complexity index is 1070. The van der Waals surface area contributed by atoms with Gasteiger partial charge in [-0.05, 0) is 45.7 Å². The van der Waals surface area contributed by atoms with E-state index in [2.05, 4.69) is 15.3 Å². The van der Waals surface area contributed by atoms with Crippen molar-refractivity contribution >= 4 is 39.9 Å². The number of hydrogen-bond donors (Lipinski definition) is 2. The lowest BCUT2D eigenvalue weighted by Gasteiger charge is -2.22. The summed E-state index contributed by atoms with van der Waals surface area (Å²) in [5.74, 6) is 0.176. The Labute approximate surface area is 186 Å². The highest BCUT2D eigenvalue weighted by molar-refractivity contribution is 7.18. The largest absolute Gasteiger partial charge is 0.386 e. The van der Waals surface area contributed by atoms with E-state index >= 15 is 0 Å². The van der Waals surface area contributed by atoms with Gasteiger partial charge in [-0.1, -0.05) is 19.3 Å². The van der Waals surface area contributed by atoms with Crippen molar-refractivity contribution in [2.24, 2.45) is 0 Å². The van der Waals surface area contributed by atoms with Crippen LogP contribution >= 0.6 is 11.3 Å². The summed E-state index contributed by atoms with van der Waals surface area (Å²) >= 11 is 1.69. The van der Waals surface area contributed by atoms with Gasteiger partial charge in [-0.25, -0.2) is 9.97 Å². The van der Waals surface area contributed by atoms with Gasteiger partial charge in [-0.15, -0.1) is 11.3 Å². The fraction of sp³-hybridized carbons (Fsp3) is 0.435.